The topological polar surface area (TPSA) is 77.6 Å². The molecule has 38 heavy (non-hydrogen) atoms. The minimum Gasteiger partial charge on any atom is -0.480 e. The Morgan fingerprint density at radius 3 is 2.58 bits per heavy atom. The maximum absolute atomic E-state index is 14.0. The van der Waals surface area contributed by atoms with Crippen molar-refractivity contribution in [3.63, 3.8) is 0 Å². The van der Waals surface area contributed by atoms with Gasteiger partial charge >= 0.3 is 6.03 Å². The Hall–Kier alpha value is -3.69. The zero-order valence-corrected chi connectivity index (χ0v) is 21.6. The van der Waals surface area contributed by atoms with Crippen LogP contribution in [0, 0.1) is 0 Å². The van der Waals surface area contributed by atoms with Crippen molar-refractivity contribution in [2.75, 3.05) is 30.0 Å². The second-order valence-electron chi connectivity index (χ2n) is 10.4. The number of urea groups is 1. The Bertz CT molecular complexity index is 1320. The first-order chi connectivity index (χ1) is 18.5. The first-order valence-corrected chi connectivity index (χ1v) is 13.2. The fourth-order valence-corrected chi connectivity index (χ4v) is 6.08. The van der Waals surface area contributed by atoms with Crippen molar-refractivity contribution in [1.82, 2.24) is 20.1 Å². The summed E-state index contributed by atoms with van der Waals surface area (Å²) in [6, 6.07) is 9.48. The minimum atomic E-state index is -2.63. The zero-order chi connectivity index (χ0) is 26.4. The van der Waals surface area contributed by atoms with Gasteiger partial charge in [-0.05, 0) is 55.7 Å². The minimum absolute atomic E-state index is 0.0318. The third-order valence-corrected chi connectivity index (χ3v) is 8.15. The number of nitrogens with zero attached hydrogens (tertiary/aromatic N) is 5. The molecule has 1 aliphatic carbocycles. The Balaban J connectivity index is 1.25. The van der Waals surface area contributed by atoms with E-state index in [1.807, 2.05) is 29.0 Å². The van der Waals surface area contributed by atoms with Crippen molar-refractivity contribution in [3.8, 4) is 5.88 Å². The quantitative estimate of drug-likeness (QED) is 0.424. The first-order valence-electron chi connectivity index (χ1n) is 13.2. The van der Waals surface area contributed by atoms with Gasteiger partial charge in [-0.15, -0.1) is 0 Å². The monoisotopic (exact) mass is 522 g/mol. The molecular weight excluding hydrogens is 490 g/mol. The molecule has 4 heterocycles. The number of nitrogens with one attached hydrogen (secondary N) is 1. The highest BCUT2D eigenvalue weighted by Gasteiger charge is 2.42. The Kier molecular flexibility index (Phi) is 6.41. The number of carbonyl (C=O) groups is 1. The van der Waals surface area contributed by atoms with Crippen molar-refractivity contribution >= 4 is 17.5 Å². The van der Waals surface area contributed by atoms with Crippen LogP contribution in [-0.2, 0) is 6.54 Å². The molecule has 0 spiro atoms. The van der Waals surface area contributed by atoms with Crippen LogP contribution in [0.5, 0.6) is 5.88 Å². The molecule has 200 valence electrons. The highest BCUT2D eigenvalue weighted by atomic mass is 19.3. The van der Waals surface area contributed by atoms with Crippen LogP contribution in [0.4, 0.5) is 25.1 Å². The number of alkyl halides is 2. The van der Waals surface area contributed by atoms with Crippen LogP contribution in [-0.4, -0.2) is 52.4 Å². The van der Waals surface area contributed by atoms with Gasteiger partial charge < -0.3 is 14.5 Å². The number of rotatable bonds is 7. The number of benzene rings is 1. The maximum Gasteiger partial charge on any atom is 0.326 e. The van der Waals surface area contributed by atoms with E-state index in [1.54, 1.807) is 4.90 Å². The van der Waals surface area contributed by atoms with Crippen molar-refractivity contribution in [2.24, 2.45) is 0 Å². The van der Waals surface area contributed by atoms with Gasteiger partial charge in [0, 0.05) is 42.7 Å². The van der Waals surface area contributed by atoms with Crippen molar-refractivity contribution in [2.45, 2.75) is 63.6 Å². The lowest BCUT2D eigenvalue weighted by molar-refractivity contribution is 0.135. The molecule has 6 rings (SSSR count). The van der Waals surface area contributed by atoms with Crippen molar-refractivity contribution in [3.05, 3.63) is 65.0 Å². The summed E-state index contributed by atoms with van der Waals surface area (Å²) < 4.78 is 32.9. The number of carbonyl (C=O) groups excluding carboxylic acids is 1. The normalized spacial score (nSPS) is 20.3. The standard InChI is InChI=1S/C28H32F2N6O2/c1-17-23-15-32-33-26(23)35(16-19-5-3-4-6-21(19)18-7-8-18)28(37)36(17)20-10-13-34(14-11-20)24-22(25(29)30)9-12-31-27(24)38-2/h3-6,9,12,15,17-18,20,25H,7-8,10-11,13-14,16H2,1-2H3,(H,32,33)/t17-/m1/s1. The van der Waals surface area contributed by atoms with Gasteiger partial charge in [0.05, 0.1) is 19.7 Å². The van der Waals surface area contributed by atoms with Crippen LogP contribution < -0.4 is 14.5 Å². The Morgan fingerprint density at radius 1 is 1.11 bits per heavy atom. The SMILES string of the molecule is COc1nccc(C(F)F)c1N1CCC(N2C(=O)N(Cc3ccccc3C3CC3)c3n[nH]cc3[C@H]2C)CC1. The fraction of sp³-hybridized carbons (Fsp3) is 0.464. The van der Waals surface area contributed by atoms with Gasteiger partial charge in [0.15, 0.2) is 5.82 Å². The number of amides is 2. The highest BCUT2D eigenvalue weighted by Crippen LogP contribution is 2.44. The largest absolute Gasteiger partial charge is 0.480 e. The summed E-state index contributed by atoms with van der Waals surface area (Å²) in [6.07, 6.45) is 4.28. The van der Waals surface area contributed by atoms with Gasteiger partial charge in [-0.3, -0.25) is 10.00 Å². The number of piperidine rings is 1. The number of halogens is 2. The average Bonchev–Trinajstić information content (AvgIpc) is 3.66. The van der Waals surface area contributed by atoms with Gasteiger partial charge in [0.1, 0.15) is 5.69 Å². The summed E-state index contributed by atoms with van der Waals surface area (Å²) in [4.78, 5) is 23.9. The van der Waals surface area contributed by atoms with E-state index in [-0.39, 0.29) is 29.6 Å². The lowest BCUT2D eigenvalue weighted by Crippen LogP contribution is -2.55. The molecule has 2 fully saturated rings. The molecule has 8 nitrogen and oxygen atoms in total. The molecule has 3 aliphatic rings. The Morgan fingerprint density at radius 2 is 1.87 bits per heavy atom. The summed E-state index contributed by atoms with van der Waals surface area (Å²) in [5.74, 6) is 1.46. The number of hydrogen-bond acceptors (Lipinski definition) is 5. The lowest BCUT2D eigenvalue weighted by Gasteiger charge is -2.46. The van der Waals surface area contributed by atoms with E-state index in [4.69, 9.17) is 4.74 Å². The lowest BCUT2D eigenvalue weighted by atomic mass is 9.96. The van der Waals surface area contributed by atoms with Crippen LogP contribution >= 0.6 is 0 Å². The van der Waals surface area contributed by atoms with Gasteiger partial charge in [-0.1, -0.05) is 24.3 Å². The van der Waals surface area contributed by atoms with Gasteiger partial charge in [-0.2, -0.15) is 5.10 Å². The number of aromatic nitrogens is 3. The number of hydrogen-bond donors (Lipinski definition) is 1. The van der Waals surface area contributed by atoms with E-state index in [9.17, 15) is 13.6 Å². The van der Waals surface area contributed by atoms with E-state index < -0.39 is 6.43 Å². The van der Waals surface area contributed by atoms with Gasteiger partial charge in [0.2, 0.25) is 5.88 Å². The van der Waals surface area contributed by atoms with Crippen LogP contribution in [0.15, 0.2) is 42.7 Å². The predicted octanol–water partition coefficient (Wildman–Crippen LogP) is 5.80. The van der Waals surface area contributed by atoms with E-state index in [1.165, 1.54) is 37.8 Å². The molecule has 10 heteroatoms. The number of fused-ring (bicyclic) bond motifs is 1. The number of ether oxygens (including phenoxy) is 1. The second kappa shape index (κ2) is 9.89. The molecule has 2 amide bonds. The third-order valence-electron chi connectivity index (χ3n) is 8.15. The average molecular weight is 523 g/mol. The smallest absolute Gasteiger partial charge is 0.326 e. The summed E-state index contributed by atoms with van der Waals surface area (Å²) >= 11 is 0. The van der Waals surface area contributed by atoms with Crippen LogP contribution in [0.1, 0.15) is 73.2 Å². The predicted molar refractivity (Wildman–Crippen MR) is 140 cm³/mol. The van der Waals surface area contributed by atoms with Gasteiger partial charge in [-0.25, -0.2) is 18.6 Å². The second-order valence-corrected chi connectivity index (χ2v) is 10.4. The molecular formula is C28H32F2N6O2. The molecule has 1 saturated heterocycles. The van der Waals surface area contributed by atoms with E-state index >= 15 is 0 Å². The summed E-state index contributed by atoms with van der Waals surface area (Å²) in [7, 11) is 1.44. The molecule has 0 radical (unpaired) electrons. The van der Waals surface area contributed by atoms with E-state index in [2.05, 4.69) is 33.4 Å². The third kappa shape index (κ3) is 4.25. The van der Waals surface area contributed by atoms with Crippen LogP contribution in [0.3, 0.4) is 0 Å². The van der Waals surface area contributed by atoms with Crippen molar-refractivity contribution < 1.29 is 18.3 Å². The van der Waals surface area contributed by atoms with Gasteiger partial charge in [0.25, 0.3) is 6.43 Å². The summed E-state index contributed by atoms with van der Waals surface area (Å²) in [6.45, 7) is 3.54. The number of H-pyrrole nitrogens is 1. The molecule has 2 aromatic heterocycles. The van der Waals surface area contributed by atoms with Crippen LogP contribution in [0.2, 0.25) is 0 Å². The highest BCUT2D eigenvalue weighted by molar-refractivity contribution is 5.94. The molecule has 0 bridgehead atoms. The molecule has 1 atom stereocenters. The molecule has 2 aliphatic heterocycles. The molecule has 3 aromatic rings. The summed E-state index contributed by atoms with van der Waals surface area (Å²) in [5.41, 5.74) is 3.73. The number of aromatic amines is 1. The number of methoxy groups -OCH3 is 1. The van der Waals surface area contributed by atoms with Crippen molar-refractivity contribution in [1.29, 1.82) is 0 Å². The Labute approximate surface area is 220 Å². The first kappa shape index (κ1) is 24.6. The summed E-state index contributed by atoms with van der Waals surface area (Å²) in [5, 5.41) is 7.42. The van der Waals surface area contributed by atoms with Crippen LogP contribution in [0.25, 0.3) is 0 Å². The number of pyridine rings is 1. The molecule has 0 unspecified atom stereocenters. The maximum atomic E-state index is 14.0. The van der Waals surface area contributed by atoms with E-state index in [0.717, 1.165) is 11.1 Å². The molecule has 1 saturated carbocycles. The van der Waals surface area contributed by atoms with E-state index in [0.29, 0.717) is 49.9 Å². The zero-order valence-electron chi connectivity index (χ0n) is 21.6. The molecule has 1 N–H and O–H groups in total. The molecule has 1 aromatic carbocycles. The number of anilines is 2. The fourth-order valence-electron chi connectivity index (χ4n) is 6.08.